The smallest absolute Gasteiger partial charge is 0.321 e. The number of esters is 1. The summed E-state index contributed by atoms with van der Waals surface area (Å²) in [5.41, 5.74) is 4.46. The molecule has 0 bridgehead atoms. The van der Waals surface area contributed by atoms with Crippen molar-refractivity contribution in [2.24, 2.45) is 0 Å². The topological polar surface area (TPSA) is 79.8 Å². The summed E-state index contributed by atoms with van der Waals surface area (Å²) in [5.74, 6) is -0.360. The van der Waals surface area contributed by atoms with Crippen LogP contribution in [0.4, 0.5) is 0 Å². The van der Waals surface area contributed by atoms with E-state index in [1.165, 1.54) is 0 Å². The van der Waals surface area contributed by atoms with Gasteiger partial charge in [-0.15, -0.1) is 0 Å². The highest BCUT2D eigenvalue weighted by molar-refractivity contribution is 5.71. The number of hydrogen-bond donors (Lipinski definition) is 3. The van der Waals surface area contributed by atoms with Gasteiger partial charge in [-0.3, -0.25) is 10.2 Å². The van der Waals surface area contributed by atoms with Gasteiger partial charge in [0.25, 0.3) is 0 Å². The maximum Gasteiger partial charge on any atom is 0.321 e. The van der Waals surface area contributed by atoms with Crippen LogP contribution >= 0.6 is 0 Å². The largest absolute Gasteiger partial charge is 0.459 e. The van der Waals surface area contributed by atoms with Crippen LogP contribution in [0.15, 0.2) is 0 Å². The van der Waals surface area contributed by atoms with Crippen LogP contribution in [0.3, 0.4) is 0 Å². The summed E-state index contributed by atoms with van der Waals surface area (Å²) in [4.78, 5) is 11.3. The van der Waals surface area contributed by atoms with E-state index < -0.39 is 17.5 Å². The quantitative estimate of drug-likeness (QED) is 0.281. The predicted octanol–water partition coefficient (Wildman–Crippen LogP) is 0.556. The maximum absolute atomic E-state index is 11.3. The number of aliphatic hydroxyl groups is 1. The number of nitrogens with one attached hydrogen (secondary N) is 2. The molecule has 0 saturated carbocycles. The van der Waals surface area contributed by atoms with Crippen molar-refractivity contribution in [2.45, 2.75) is 59.0 Å². The van der Waals surface area contributed by atoms with E-state index in [9.17, 15) is 9.90 Å². The van der Waals surface area contributed by atoms with Crippen molar-refractivity contribution in [3.05, 3.63) is 0 Å². The molecule has 0 amide bonds. The number of hydrazine groups is 1. The first kappa shape index (κ1) is 17.3. The third-order valence-corrected chi connectivity index (χ3v) is 1.54. The minimum Gasteiger partial charge on any atom is -0.459 e. The number of hydrogen-bond acceptors (Lipinski definition) is 6. The Bertz CT molecular complexity index is 256. The second-order valence-corrected chi connectivity index (χ2v) is 6.01. The molecule has 0 fully saturated rings. The molecule has 108 valence electrons. The molecule has 0 heterocycles. The molecule has 3 N–H and O–H groups in total. The second kappa shape index (κ2) is 7.04. The Balaban J connectivity index is 3.65. The summed E-state index contributed by atoms with van der Waals surface area (Å²) < 4.78 is 10.4. The Morgan fingerprint density at radius 1 is 1.11 bits per heavy atom. The molecule has 18 heavy (non-hydrogen) atoms. The van der Waals surface area contributed by atoms with Crippen molar-refractivity contribution in [3.63, 3.8) is 0 Å². The Morgan fingerprint density at radius 3 is 2.11 bits per heavy atom. The molecule has 0 spiro atoms. The van der Waals surface area contributed by atoms with Gasteiger partial charge in [0, 0.05) is 0 Å². The molecule has 6 heteroatoms. The van der Waals surface area contributed by atoms with Gasteiger partial charge in [0.15, 0.2) is 6.29 Å². The molecule has 0 aromatic heterocycles. The van der Waals surface area contributed by atoms with Crippen LogP contribution in [-0.4, -0.2) is 41.7 Å². The molecule has 0 aliphatic heterocycles. The van der Waals surface area contributed by atoms with Gasteiger partial charge >= 0.3 is 5.97 Å². The fraction of sp³-hybridized carbons (Fsp3) is 0.917. The zero-order valence-corrected chi connectivity index (χ0v) is 12.2. The number of aliphatic hydroxyl groups excluding tert-OH is 1. The van der Waals surface area contributed by atoms with Gasteiger partial charge in [-0.2, -0.15) is 0 Å². The van der Waals surface area contributed by atoms with Gasteiger partial charge in [-0.05, 0) is 41.5 Å². The zero-order chi connectivity index (χ0) is 14.4. The lowest BCUT2D eigenvalue weighted by Crippen LogP contribution is -2.44. The van der Waals surface area contributed by atoms with Crippen LogP contribution in [0.1, 0.15) is 41.5 Å². The normalized spacial score (nSPS) is 14.4. The summed E-state index contributed by atoms with van der Waals surface area (Å²) in [6.45, 7) is 11.2. The Kier molecular flexibility index (Phi) is 6.77. The lowest BCUT2D eigenvalue weighted by molar-refractivity contribution is -0.164. The molecule has 0 aromatic rings. The fourth-order valence-electron chi connectivity index (χ4n) is 1.12. The summed E-state index contributed by atoms with van der Waals surface area (Å²) in [7, 11) is 0. The first-order valence-electron chi connectivity index (χ1n) is 6.03. The molecule has 0 saturated heterocycles. The Hall–Kier alpha value is -0.690. The van der Waals surface area contributed by atoms with E-state index in [0.717, 1.165) is 0 Å². The first-order valence-corrected chi connectivity index (χ1v) is 6.03. The SMILES string of the molecule is CC(C)(C)OC(=O)CNNCC(O)OC(C)(C)C. The van der Waals surface area contributed by atoms with Crippen molar-refractivity contribution < 1.29 is 19.4 Å². The molecule has 1 unspecified atom stereocenters. The van der Waals surface area contributed by atoms with Crippen molar-refractivity contribution in [3.8, 4) is 0 Å². The van der Waals surface area contributed by atoms with E-state index in [4.69, 9.17) is 9.47 Å². The van der Waals surface area contributed by atoms with E-state index in [0.29, 0.717) is 0 Å². The number of carbonyl (C=O) groups is 1. The van der Waals surface area contributed by atoms with Crippen molar-refractivity contribution in [1.82, 2.24) is 10.9 Å². The molecule has 0 rings (SSSR count). The van der Waals surface area contributed by atoms with Gasteiger partial charge in [-0.25, -0.2) is 5.43 Å². The van der Waals surface area contributed by atoms with E-state index >= 15 is 0 Å². The summed E-state index contributed by atoms with van der Waals surface area (Å²) in [6, 6.07) is 0. The summed E-state index contributed by atoms with van der Waals surface area (Å²) in [6.07, 6.45) is -0.934. The third kappa shape index (κ3) is 11.8. The first-order chi connectivity index (χ1) is 7.99. The average molecular weight is 262 g/mol. The van der Waals surface area contributed by atoms with Gasteiger partial charge in [0.05, 0.1) is 12.1 Å². The lowest BCUT2D eigenvalue weighted by atomic mass is 10.2. The molecular formula is C12H26N2O4. The van der Waals surface area contributed by atoms with Gasteiger partial charge in [0.1, 0.15) is 12.1 Å². The van der Waals surface area contributed by atoms with E-state index in [1.807, 2.05) is 20.8 Å². The fourth-order valence-corrected chi connectivity index (χ4v) is 1.12. The van der Waals surface area contributed by atoms with Gasteiger partial charge in [-0.1, -0.05) is 0 Å². The van der Waals surface area contributed by atoms with Crippen molar-refractivity contribution >= 4 is 5.97 Å². The van der Waals surface area contributed by atoms with Crippen LogP contribution in [0, 0.1) is 0 Å². The summed E-state index contributed by atoms with van der Waals surface area (Å²) in [5, 5.41) is 9.50. The van der Waals surface area contributed by atoms with Crippen LogP contribution in [0.25, 0.3) is 0 Å². The monoisotopic (exact) mass is 262 g/mol. The van der Waals surface area contributed by atoms with Crippen LogP contribution < -0.4 is 10.9 Å². The van der Waals surface area contributed by atoms with E-state index in [-0.39, 0.29) is 19.1 Å². The standard InChI is InChI=1S/C12H26N2O4/c1-11(2,3)17-9(15)7-13-14-8-10(16)18-12(4,5)6/h9,13-15H,7-8H2,1-6H3. The molecule has 0 radical (unpaired) electrons. The molecule has 1 atom stereocenters. The van der Waals surface area contributed by atoms with Gasteiger partial charge < -0.3 is 14.6 Å². The predicted molar refractivity (Wildman–Crippen MR) is 68.7 cm³/mol. The average Bonchev–Trinajstić information content (AvgIpc) is 2.06. The maximum atomic E-state index is 11.3. The lowest BCUT2D eigenvalue weighted by Gasteiger charge is -2.24. The molecular weight excluding hydrogens is 236 g/mol. The highest BCUT2D eigenvalue weighted by atomic mass is 16.6. The third-order valence-electron chi connectivity index (χ3n) is 1.54. The van der Waals surface area contributed by atoms with Crippen LogP contribution in [0.2, 0.25) is 0 Å². The van der Waals surface area contributed by atoms with Crippen LogP contribution in [-0.2, 0) is 14.3 Å². The van der Waals surface area contributed by atoms with Gasteiger partial charge in [0.2, 0.25) is 0 Å². The Morgan fingerprint density at radius 2 is 1.67 bits per heavy atom. The molecule has 6 nitrogen and oxygen atoms in total. The highest BCUT2D eigenvalue weighted by Crippen LogP contribution is 2.08. The Labute approximate surface area is 109 Å². The number of ether oxygens (including phenoxy) is 2. The minimum absolute atomic E-state index is 0.0273. The summed E-state index contributed by atoms with van der Waals surface area (Å²) >= 11 is 0. The second-order valence-electron chi connectivity index (χ2n) is 6.01. The molecule has 0 aliphatic rings. The van der Waals surface area contributed by atoms with Crippen molar-refractivity contribution in [2.75, 3.05) is 13.1 Å². The minimum atomic E-state index is -0.934. The molecule has 0 aliphatic carbocycles. The van der Waals surface area contributed by atoms with E-state index in [2.05, 4.69) is 10.9 Å². The van der Waals surface area contributed by atoms with E-state index in [1.54, 1.807) is 20.8 Å². The zero-order valence-electron chi connectivity index (χ0n) is 12.2. The number of carbonyl (C=O) groups excluding carboxylic acids is 1. The highest BCUT2D eigenvalue weighted by Gasteiger charge is 2.17. The number of rotatable bonds is 6. The van der Waals surface area contributed by atoms with Crippen molar-refractivity contribution in [1.29, 1.82) is 0 Å². The van der Waals surface area contributed by atoms with Crippen LogP contribution in [0.5, 0.6) is 0 Å². The molecule has 0 aromatic carbocycles.